The number of halogens is 1. The van der Waals surface area contributed by atoms with Crippen molar-refractivity contribution in [3.8, 4) is 0 Å². The van der Waals surface area contributed by atoms with Gasteiger partial charge in [-0.05, 0) is 25.1 Å². The highest BCUT2D eigenvalue weighted by molar-refractivity contribution is 7.99. The minimum Gasteiger partial charge on any atom is -0.465 e. The maximum absolute atomic E-state index is 11.2. The number of aryl methyl sites for hydroxylation is 1. The molecule has 2 aromatic rings. The van der Waals surface area contributed by atoms with Gasteiger partial charge in [-0.1, -0.05) is 11.6 Å². The number of esters is 1. The highest BCUT2D eigenvalue weighted by Gasteiger charge is 2.09. The Morgan fingerprint density at radius 1 is 1.53 bits per heavy atom. The lowest BCUT2D eigenvalue weighted by molar-refractivity contribution is -0.139. The van der Waals surface area contributed by atoms with Gasteiger partial charge >= 0.3 is 5.97 Å². The van der Waals surface area contributed by atoms with Gasteiger partial charge in [-0.25, -0.2) is 4.98 Å². The van der Waals surface area contributed by atoms with Crippen LogP contribution in [-0.4, -0.2) is 27.9 Å². The van der Waals surface area contributed by atoms with E-state index in [0.29, 0.717) is 23.1 Å². The molecule has 1 aromatic carbocycles. The number of fused-ring (bicyclic) bond motifs is 1. The fraction of sp³-hybridized carbons (Fsp3) is 0.385. The first-order valence-corrected chi connectivity index (χ1v) is 7.49. The predicted octanol–water partition coefficient (Wildman–Crippen LogP) is 3.02. The van der Waals surface area contributed by atoms with Gasteiger partial charge in [0.1, 0.15) is 5.82 Å². The van der Waals surface area contributed by atoms with Crippen LogP contribution in [0.3, 0.4) is 0 Å². The van der Waals surface area contributed by atoms with E-state index in [4.69, 9.17) is 16.3 Å². The van der Waals surface area contributed by atoms with Crippen LogP contribution < -0.4 is 0 Å². The van der Waals surface area contributed by atoms with E-state index in [1.165, 1.54) is 11.8 Å². The molecule has 0 saturated heterocycles. The fourth-order valence-electron chi connectivity index (χ4n) is 1.78. The van der Waals surface area contributed by atoms with Crippen LogP contribution in [0.1, 0.15) is 12.7 Å². The summed E-state index contributed by atoms with van der Waals surface area (Å²) in [5, 5.41) is 0.677. The molecule has 0 N–H and O–H groups in total. The van der Waals surface area contributed by atoms with Gasteiger partial charge in [-0.3, -0.25) is 4.79 Å². The number of nitrogens with zero attached hydrogens (tertiary/aromatic N) is 2. The summed E-state index contributed by atoms with van der Waals surface area (Å²) in [7, 11) is 1.96. The van der Waals surface area contributed by atoms with Crippen molar-refractivity contribution in [3.63, 3.8) is 0 Å². The third kappa shape index (κ3) is 3.42. The van der Waals surface area contributed by atoms with Crippen molar-refractivity contribution in [3.05, 3.63) is 29.0 Å². The van der Waals surface area contributed by atoms with Crippen LogP contribution in [0.25, 0.3) is 11.0 Å². The summed E-state index contributed by atoms with van der Waals surface area (Å²) in [6.45, 7) is 2.22. The summed E-state index contributed by atoms with van der Waals surface area (Å²) in [6, 6.07) is 5.64. The number of benzene rings is 1. The Labute approximate surface area is 121 Å². The lowest BCUT2D eigenvalue weighted by Gasteiger charge is -2.03. The van der Waals surface area contributed by atoms with E-state index < -0.39 is 0 Å². The molecule has 0 atom stereocenters. The Hall–Kier alpha value is -1.20. The van der Waals surface area contributed by atoms with E-state index >= 15 is 0 Å². The number of ether oxygens (including phenoxy) is 1. The molecule has 6 heteroatoms. The Morgan fingerprint density at radius 2 is 2.32 bits per heavy atom. The minimum atomic E-state index is -0.186. The molecule has 0 aliphatic carbocycles. The van der Waals surface area contributed by atoms with Gasteiger partial charge in [0.05, 0.1) is 29.1 Å². The van der Waals surface area contributed by atoms with Gasteiger partial charge in [0, 0.05) is 12.1 Å². The second-order valence-electron chi connectivity index (χ2n) is 4.02. The smallest absolute Gasteiger partial charge is 0.315 e. The quantitative estimate of drug-likeness (QED) is 0.796. The van der Waals surface area contributed by atoms with Crippen molar-refractivity contribution < 1.29 is 9.53 Å². The molecule has 1 heterocycles. The molecular weight excluding hydrogens is 284 g/mol. The van der Waals surface area contributed by atoms with E-state index in [-0.39, 0.29) is 5.97 Å². The first-order valence-electron chi connectivity index (χ1n) is 5.96. The van der Waals surface area contributed by atoms with Gasteiger partial charge in [0.15, 0.2) is 0 Å². The van der Waals surface area contributed by atoms with Crippen LogP contribution in [0, 0.1) is 0 Å². The van der Waals surface area contributed by atoms with Gasteiger partial charge in [0.25, 0.3) is 0 Å². The third-order valence-electron chi connectivity index (χ3n) is 2.69. The summed E-state index contributed by atoms with van der Waals surface area (Å²) >= 11 is 7.44. The summed E-state index contributed by atoms with van der Waals surface area (Å²) in [6.07, 6.45) is 0. The van der Waals surface area contributed by atoms with E-state index in [1.54, 1.807) is 6.92 Å². The van der Waals surface area contributed by atoms with Gasteiger partial charge in [-0.2, -0.15) is 0 Å². The largest absolute Gasteiger partial charge is 0.465 e. The van der Waals surface area contributed by atoms with Gasteiger partial charge in [-0.15, -0.1) is 11.8 Å². The van der Waals surface area contributed by atoms with Crippen molar-refractivity contribution in [2.24, 2.45) is 7.05 Å². The molecule has 0 bridgehead atoms. The standard InChI is InChI=1S/C13H15ClN2O2S/c1-3-18-13(17)8-19-7-12-15-10-6-9(14)4-5-11(10)16(12)2/h4-6H,3,7-8H2,1-2H3. The van der Waals surface area contributed by atoms with Crippen LogP contribution in [-0.2, 0) is 22.3 Å². The summed E-state index contributed by atoms with van der Waals surface area (Å²) < 4.78 is 6.90. The number of thioether (sulfide) groups is 1. The molecule has 0 unspecified atom stereocenters. The zero-order valence-electron chi connectivity index (χ0n) is 10.9. The van der Waals surface area contributed by atoms with Crippen LogP contribution in [0.4, 0.5) is 0 Å². The first-order chi connectivity index (χ1) is 9.11. The molecule has 19 heavy (non-hydrogen) atoms. The Bertz CT molecular complexity index is 598. The molecule has 0 radical (unpaired) electrons. The van der Waals surface area contributed by atoms with Crippen molar-refractivity contribution in [1.29, 1.82) is 0 Å². The number of aromatic nitrogens is 2. The molecule has 0 spiro atoms. The normalized spacial score (nSPS) is 10.9. The van der Waals surface area contributed by atoms with Crippen molar-refractivity contribution >= 4 is 40.4 Å². The molecule has 0 aliphatic rings. The number of rotatable bonds is 5. The number of imidazole rings is 1. The van der Waals surface area contributed by atoms with Crippen molar-refractivity contribution in [2.45, 2.75) is 12.7 Å². The highest BCUT2D eigenvalue weighted by Crippen LogP contribution is 2.21. The van der Waals surface area contributed by atoms with Crippen LogP contribution in [0.5, 0.6) is 0 Å². The van der Waals surface area contributed by atoms with E-state index in [0.717, 1.165) is 16.9 Å². The summed E-state index contributed by atoms with van der Waals surface area (Å²) in [5.74, 6) is 1.75. The molecule has 2 rings (SSSR count). The van der Waals surface area contributed by atoms with Crippen molar-refractivity contribution in [1.82, 2.24) is 9.55 Å². The van der Waals surface area contributed by atoms with Crippen LogP contribution in [0.2, 0.25) is 5.02 Å². The number of hydrogen-bond acceptors (Lipinski definition) is 4. The van der Waals surface area contributed by atoms with E-state index in [1.807, 2.05) is 29.8 Å². The molecule has 102 valence electrons. The molecular formula is C13H15ClN2O2S. The number of hydrogen-bond donors (Lipinski definition) is 0. The van der Waals surface area contributed by atoms with Gasteiger partial charge in [0.2, 0.25) is 0 Å². The average Bonchev–Trinajstić information content (AvgIpc) is 2.66. The maximum Gasteiger partial charge on any atom is 0.315 e. The molecule has 0 aliphatic heterocycles. The van der Waals surface area contributed by atoms with Crippen LogP contribution in [0.15, 0.2) is 18.2 Å². The Morgan fingerprint density at radius 3 is 3.05 bits per heavy atom. The first kappa shape index (κ1) is 14.2. The SMILES string of the molecule is CCOC(=O)CSCc1nc2cc(Cl)ccc2n1C. The highest BCUT2D eigenvalue weighted by atomic mass is 35.5. The van der Waals surface area contributed by atoms with E-state index in [2.05, 4.69) is 4.98 Å². The van der Waals surface area contributed by atoms with E-state index in [9.17, 15) is 4.79 Å². The zero-order valence-corrected chi connectivity index (χ0v) is 12.4. The fourth-order valence-corrected chi connectivity index (χ4v) is 2.74. The molecule has 1 aromatic heterocycles. The van der Waals surface area contributed by atoms with Crippen LogP contribution >= 0.6 is 23.4 Å². The molecule has 0 amide bonds. The predicted molar refractivity (Wildman–Crippen MR) is 78.5 cm³/mol. The third-order valence-corrected chi connectivity index (χ3v) is 3.83. The lowest BCUT2D eigenvalue weighted by atomic mass is 10.3. The topological polar surface area (TPSA) is 44.1 Å². The second kappa shape index (κ2) is 6.30. The summed E-state index contributed by atoms with van der Waals surface area (Å²) in [5.41, 5.74) is 1.91. The second-order valence-corrected chi connectivity index (χ2v) is 5.44. The zero-order chi connectivity index (χ0) is 13.8. The minimum absolute atomic E-state index is 0.186. The maximum atomic E-state index is 11.2. The average molecular weight is 299 g/mol. The van der Waals surface area contributed by atoms with Gasteiger partial charge < -0.3 is 9.30 Å². The summed E-state index contributed by atoms with van der Waals surface area (Å²) in [4.78, 5) is 15.8. The molecule has 0 saturated carbocycles. The number of carbonyl (C=O) groups is 1. The van der Waals surface area contributed by atoms with Crippen molar-refractivity contribution in [2.75, 3.05) is 12.4 Å². The number of carbonyl (C=O) groups excluding carboxylic acids is 1. The Kier molecular flexibility index (Phi) is 4.71. The molecule has 0 fully saturated rings. The lowest BCUT2D eigenvalue weighted by Crippen LogP contribution is -2.07. The Balaban J connectivity index is 2.05. The monoisotopic (exact) mass is 298 g/mol. The molecule has 4 nitrogen and oxygen atoms in total.